The Labute approximate surface area is 84.7 Å². The van der Waals surface area contributed by atoms with Gasteiger partial charge in [-0.05, 0) is 25.0 Å². The zero-order valence-corrected chi connectivity index (χ0v) is 9.15. The molecule has 0 bridgehead atoms. The second-order valence-corrected chi connectivity index (χ2v) is 3.33. The van der Waals surface area contributed by atoms with Gasteiger partial charge in [-0.25, -0.2) is 0 Å². The molecule has 0 saturated heterocycles. The molecule has 4 heteroatoms. The monoisotopic (exact) mass is 194 g/mol. The van der Waals surface area contributed by atoms with Gasteiger partial charge in [0, 0.05) is 19.8 Å². The summed E-state index contributed by atoms with van der Waals surface area (Å²) in [6.45, 7) is 3.96. The predicted molar refractivity (Wildman–Crippen MR) is 63.8 cm³/mol. The van der Waals surface area contributed by atoms with E-state index < -0.39 is 0 Å². The SMILES string of the molecule is CNc1c(C)c(N)c(NC)c(N)c1C. The standard InChI is InChI=1S/C10H18N4/c1-5-7(11)10(14-4)8(12)6(2)9(5)13-3/h13-14H,11-12H2,1-4H3. The molecular formula is C10H18N4. The van der Waals surface area contributed by atoms with Crippen molar-refractivity contribution in [3.63, 3.8) is 0 Å². The highest BCUT2D eigenvalue weighted by molar-refractivity contribution is 5.90. The van der Waals surface area contributed by atoms with Crippen molar-refractivity contribution >= 4 is 22.7 Å². The number of anilines is 4. The molecule has 0 fully saturated rings. The summed E-state index contributed by atoms with van der Waals surface area (Å²) in [6, 6.07) is 0. The van der Waals surface area contributed by atoms with Crippen molar-refractivity contribution in [1.82, 2.24) is 0 Å². The van der Waals surface area contributed by atoms with Crippen molar-refractivity contribution in [2.75, 3.05) is 36.2 Å². The van der Waals surface area contributed by atoms with Crippen LogP contribution in [0.25, 0.3) is 0 Å². The Bertz CT molecular complexity index is 294. The molecule has 1 aromatic rings. The summed E-state index contributed by atoms with van der Waals surface area (Å²) in [5, 5.41) is 6.13. The molecule has 0 heterocycles. The van der Waals surface area contributed by atoms with E-state index in [9.17, 15) is 0 Å². The molecule has 78 valence electrons. The molecule has 0 aliphatic rings. The van der Waals surface area contributed by atoms with Gasteiger partial charge in [0.15, 0.2) is 0 Å². The van der Waals surface area contributed by atoms with E-state index in [1.807, 2.05) is 27.9 Å². The van der Waals surface area contributed by atoms with E-state index in [0.29, 0.717) is 11.4 Å². The molecule has 0 atom stereocenters. The van der Waals surface area contributed by atoms with Gasteiger partial charge in [0.2, 0.25) is 0 Å². The maximum atomic E-state index is 5.96. The highest BCUT2D eigenvalue weighted by Crippen LogP contribution is 2.38. The molecule has 0 aliphatic heterocycles. The summed E-state index contributed by atoms with van der Waals surface area (Å²) >= 11 is 0. The van der Waals surface area contributed by atoms with Gasteiger partial charge in [-0.1, -0.05) is 0 Å². The zero-order valence-electron chi connectivity index (χ0n) is 9.15. The fourth-order valence-corrected chi connectivity index (χ4v) is 1.72. The fraction of sp³-hybridized carbons (Fsp3) is 0.400. The summed E-state index contributed by atoms with van der Waals surface area (Å²) in [6.07, 6.45) is 0. The van der Waals surface area contributed by atoms with E-state index in [1.54, 1.807) is 0 Å². The molecular weight excluding hydrogens is 176 g/mol. The number of nitrogens with two attached hydrogens (primary N) is 2. The molecule has 6 N–H and O–H groups in total. The van der Waals surface area contributed by atoms with Gasteiger partial charge in [0.25, 0.3) is 0 Å². The van der Waals surface area contributed by atoms with Gasteiger partial charge in [0.05, 0.1) is 17.1 Å². The Balaban J connectivity index is 3.55. The maximum absolute atomic E-state index is 5.96. The van der Waals surface area contributed by atoms with Crippen LogP contribution in [0, 0.1) is 13.8 Å². The Hall–Kier alpha value is -1.58. The number of benzene rings is 1. The lowest BCUT2D eigenvalue weighted by Gasteiger charge is -2.18. The van der Waals surface area contributed by atoms with Crippen LogP contribution in [0.1, 0.15) is 11.1 Å². The first-order valence-electron chi connectivity index (χ1n) is 4.58. The van der Waals surface area contributed by atoms with Crippen LogP contribution in [0.5, 0.6) is 0 Å². The minimum Gasteiger partial charge on any atom is -0.397 e. The number of hydrogen-bond acceptors (Lipinski definition) is 4. The quantitative estimate of drug-likeness (QED) is 0.539. The van der Waals surface area contributed by atoms with Gasteiger partial charge in [0.1, 0.15) is 0 Å². The molecule has 0 unspecified atom stereocenters. The number of nitrogen functional groups attached to an aromatic ring is 2. The maximum Gasteiger partial charge on any atom is 0.0811 e. The van der Waals surface area contributed by atoms with Gasteiger partial charge in [-0.2, -0.15) is 0 Å². The third kappa shape index (κ3) is 1.32. The van der Waals surface area contributed by atoms with E-state index >= 15 is 0 Å². The normalized spacial score (nSPS) is 10.0. The van der Waals surface area contributed by atoms with Crippen molar-refractivity contribution in [1.29, 1.82) is 0 Å². The summed E-state index contributed by atoms with van der Waals surface area (Å²) in [5.41, 5.74) is 17.2. The molecule has 0 radical (unpaired) electrons. The molecule has 1 aromatic carbocycles. The summed E-state index contributed by atoms with van der Waals surface area (Å²) in [5.74, 6) is 0. The van der Waals surface area contributed by atoms with Gasteiger partial charge < -0.3 is 22.1 Å². The second-order valence-electron chi connectivity index (χ2n) is 3.33. The zero-order chi connectivity index (χ0) is 10.9. The largest absolute Gasteiger partial charge is 0.397 e. The Kier molecular flexibility index (Phi) is 2.74. The highest BCUT2D eigenvalue weighted by Gasteiger charge is 2.13. The Morgan fingerprint density at radius 1 is 0.786 bits per heavy atom. The first kappa shape index (κ1) is 10.5. The molecule has 0 saturated carbocycles. The first-order chi connectivity index (χ1) is 6.54. The van der Waals surface area contributed by atoms with Crippen molar-refractivity contribution < 1.29 is 0 Å². The van der Waals surface area contributed by atoms with Crippen LogP contribution < -0.4 is 22.1 Å². The third-order valence-electron chi connectivity index (χ3n) is 2.60. The lowest BCUT2D eigenvalue weighted by Crippen LogP contribution is -2.08. The first-order valence-corrected chi connectivity index (χ1v) is 4.58. The highest BCUT2D eigenvalue weighted by atomic mass is 14.9. The van der Waals surface area contributed by atoms with Crippen molar-refractivity contribution in [2.24, 2.45) is 0 Å². The van der Waals surface area contributed by atoms with E-state index in [1.165, 1.54) is 0 Å². The molecule has 0 aliphatic carbocycles. The van der Waals surface area contributed by atoms with Crippen LogP contribution in [0.4, 0.5) is 22.7 Å². The molecule has 14 heavy (non-hydrogen) atoms. The molecule has 1 rings (SSSR count). The lowest BCUT2D eigenvalue weighted by atomic mass is 10.0. The van der Waals surface area contributed by atoms with Crippen LogP contribution in [0.2, 0.25) is 0 Å². The lowest BCUT2D eigenvalue weighted by molar-refractivity contribution is 1.33. The molecule has 0 aromatic heterocycles. The van der Waals surface area contributed by atoms with E-state index in [4.69, 9.17) is 11.5 Å². The van der Waals surface area contributed by atoms with E-state index in [2.05, 4.69) is 10.6 Å². The number of nitrogens with one attached hydrogen (secondary N) is 2. The topological polar surface area (TPSA) is 76.1 Å². The number of hydrogen-bond donors (Lipinski definition) is 4. The smallest absolute Gasteiger partial charge is 0.0811 e. The van der Waals surface area contributed by atoms with Gasteiger partial charge in [-0.15, -0.1) is 0 Å². The second kappa shape index (κ2) is 3.65. The van der Waals surface area contributed by atoms with Crippen LogP contribution in [0.3, 0.4) is 0 Å². The summed E-state index contributed by atoms with van der Waals surface area (Å²) in [4.78, 5) is 0. The number of rotatable bonds is 2. The van der Waals surface area contributed by atoms with Gasteiger partial charge in [-0.3, -0.25) is 0 Å². The molecule has 4 nitrogen and oxygen atoms in total. The van der Waals surface area contributed by atoms with Crippen molar-refractivity contribution in [2.45, 2.75) is 13.8 Å². The molecule has 0 spiro atoms. The van der Waals surface area contributed by atoms with Crippen LogP contribution >= 0.6 is 0 Å². The van der Waals surface area contributed by atoms with Crippen molar-refractivity contribution in [3.8, 4) is 0 Å². The third-order valence-corrected chi connectivity index (χ3v) is 2.60. The Morgan fingerprint density at radius 2 is 1.14 bits per heavy atom. The average molecular weight is 194 g/mol. The fourth-order valence-electron chi connectivity index (χ4n) is 1.72. The average Bonchev–Trinajstić information content (AvgIpc) is 2.17. The van der Waals surface area contributed by atoms with Crippen molar-refractivity contribution in [3.05, 3.63) is 11.1 Å². The minimum atomic E-state index is 0.708. The minimum absolute atomic E-state index is 0.708. The van der Waals surface area contributed by atoms with Crippen LogP contribution in [-0.2, 0) is 0 Å². The Morgan fingerprint density at radius 3 is 1.43 bits per heavy atom. The van der Waals surface area contributed by atoms with Crippen LogP contribution in [-0.4, -0.2) is 14.1 Å². The molecule has 0 amide bonds. The van der Waals surface area contributed by atoms with Gasteiger partial charge >= 0.3 is 0 Å². The van der Waals surface area contributed by atoms with E-state index in [-0.39, 0.29) is 0 Å². The van der Waals surface area contributed by atoms with Crippen LogP contribution in [0.15, 0.2) is 0 Å². The van der Waals surface area contributed by atoms with E-state index in [0.717, 1.165) is 22.5 Å². The summed E-state index contributed by atoms with van der Waals surface area (Å²) < 4.78 is 0. The summed E-state index contributed by atoms with van der Waals surface area (Å²) in [7, 11) is 3.69. The predicted octanol–water partition coefficient (Wildman–Crippen LogP) is 1.55.